The Labute approximate surface area is 122 Å². The van der Waals surface area contributed by atoms with E-state index in [9.17, 15) is 4.39 Å². The van der Waals surface area contributed by atoms with Gasteiger partial charge in [-0.05, 0) is 43.5 Å². The molecule has 2 nitrogen and oxygen atoms in total. The molecule has 1 aromatic rings. The standard InChI is InChI=1S/C15H19BrFNO/c1-2-7-18-15(11-4-3-8-19-10-11)13-6-5-12(16)9-14(13)17/h5-6,9-10,15,18H,2-4,7-8H2,1H3. The molecule has 19 heavy (non-hydrogen) atoms. The summed E-state index contributed by atoms with van der Waals surface area (Å²) in [7, 11) is 0. The van der Waals surface area contributed by atoms with Gasteiger partial charge in [0.1, 0.15) is 5.82 Å². The van der Waals surface area contributed by atoms with E-state index in [-0.39, 0.29) is 11.9 Å². The molecule has 0 aromatic heterocycles. The third-order valence-corrected chi connectivity index (χ3v) is 3.70. The summed E-state index contributed by atoms with van der Waals surface area (Å²) < 4.78 is 20.3. The van der Waals surface area contributed by atoms with E-state index in [0.29, 0.717) is 5.56 Å². The summed E-state index contributed by atoms with van der Waals surface area (Å²) in [6.45, 7) is 3.72. The van der Waals surface area contributed by atoms with Crippen molar-refractivity contribution in [3.05, 3.63) is 45.9 Å². The van der Waals surface area contributed by atoms with Crippen LogP contribution in [0.1, 0.15) is 37.8 Å². The Morgan fingerprint density at radius 2 is 2.32 bits per heavy atom. The molecule has 0 fully saturated rings. The Bertz CT molecular complexity index is 461. The van der Waals surface area contributed by atoms with E-state index >= 15 is 0 Å². The van der Waals surface area contributed by atoms with E-state index in [4.69, 9.17) is 4.74 Å². The van der Waals surface area contributed by atoms with Crippen LogP contribution in [0.15, 0.2) is 34.5 Å². The second-order valence-electron chi connectivity index (χ2n) is 4.72. The predicted molar refractivity (Wildman–Crippen MR) is 78.4 cm³/mol. The van der Waals surface area contributed by atoms with Crippen LogP contribution in [0.5, 0.6) is 0 Å². The van der Waals surface area contributed by atoms with Crippen molar-refractivity contribution in [1.29, 1.82) is 0 Å². The molecule has 1 aliphatic rings. The van der Waals surface area contributed by atoms with Crippen LogP contribution in [0.4, 0.5) is 4.39 Å². The highest BCUT2D eigenvalue weighted by molar-refractivity contribution is 9.10. The average molecular weight is 328 g/mol. The van der Waals surface area contributed by atoms with Gasteiger partial charge in [0.2, 0.25) is 0 Å². The van der Waals surface area contributed by atoms with Gasteiger partial charge >= 0.3 is 0 Å². The normalized spacial score (nSPS) is 16.7. The predicted octanol–water partition coefficient (Wildman–Crippen LogP) is 4.32. The van der Waals surface area contributed by atoms with Crippen molar-refractivity contribution in [2.45, 2.75) is 32.2 Å². The lowest BCUT2D eigenvalue weighted by Gasteiger charge is -2.25. The van der Waals surface area contributed by atoms with Crippen LogP contribution >= 0.6 is 15.9 Å². The summed E-state index contributed by atoms with van der Waals surface area (Å²) in [6, 6.07) is 5.14. The Morgan fingerprint density at radius 1 is 1.47 bits per heavy atom. The molecule has 4 heteroatoms. The number of hydrogen-bond donors (Lipinski definition) is 1. The van der Waals surface area contributed by atoms with Crippen LogP contribution in [-0.2, 0) is 4.74 Å². The monoisotopic (exact) mass is 327 g/mol. The maximum Gasteiger partial charge on any atom is 0.129 e. The van der Waals surface area contributed by atoms with Crippen molar-refractivity contribution >= 4 is 15.9 Å². The van der Waals surface area contributed by atoms with Gasteiger partial charge in [0.05, 0.1) is 18.9 Å². The van der Waals surface area contributed by atoms with Gasteiger partial charge in [0, 0.05) is 10.0 Å². The smallest absolute Gasteiger partial charge is 0.129 e. The molecule has 0 saturated carbocycles. The lowest BCUT2D eigenvalue weighted by Crippen LogP contribution is -2.26. The van der Waals surface area contributed by atoms with E-state index in [1.54, 1.807) is 6.26 Å². The maximum absolute atomic E-state index is 14.1. The van der Waals surface area contributed by atoms with Gasteiger partial charge in [-0.3, -0.25) is 0 Å². The first-order valence-corrected chi connectivity index (χ1v) is 7.50. The lowest BCUT2D eigenvalue weighted by molar-refractivity contribution is 0.219. The summed E-state index contributed by atoms with van der Waals surface area (Å²) in [5.74, 6) is -0.186. The van der Waals surface area contributed by atoms with Crippen LogP contribution in [-0.4, -0.2) is 13.2 Å². The zero-order chi connectivity index (χ0) is 13.7. The minimum absolute atomic E-state index is 0.0895. The van der Waals surface area contributed by atoms with E-state index in [1.165, 1.54) is 6.07 Å². The van der Waals surface area contributed by atoms with Crippen molar-refractivity contribution < 1.29 is 9.13 Å². The summed E-state index contributed by atoms with van der Waals surface area (Å²) in [4.78, 5) is 0. The highest BCUT2D eigenvalue weighted by Gasteiger charge is 2.21. The maximum atomic E-state index is 14.1. The van der Waals surface area contributed by atoms with Crippen molar-refractivity contribution in [3.63, 3.8) is 0 Å². The average Bonchev–Trinajstić information content (AvgIpc) is 2.42. The summed E-state index contributed by atoms with van der Waals surface area (Å²) in [6.07, 6.45) is 4.76. The molecule has 0 radical (unpaired) electrons. The minimum atomic E-state index is -0.186. The van der Waals surface area contributed by atoms with Crippen molar-refractivity contribution in [1.82, 2.24) is 5.32 Å². The van der Waals surface area contributed by atoms with Gasteiger partial charge in [-0.2, -0.15) is 0 Å². The fourth-order valence-corrected chi connectivity index (χ4v) is 2.60. The highest BCUT2D eigenvalue weighted by atomic mass is 79.9. The quantitative estimate of drug-likeness (QED) is 0.869. The van der Waals surface area contributed by atoms with Gasteiger partial charge in [-0.15, -0.1) is 0 Å². The molecule has 1 heterocycles. The number of benzene rings is 1. The highest BCUT2D eigenvalue weighted by Crippen LogP contribution is 2.30. The fourth-order valence-electron chi connectivity index (χ4n) is 2.26. The second-order valence-corrected chi connectivity index (χ2v) is 5.64. The number of rotatable bonds is 5. The molecule has 0 aliphatic carbocycles. The van der Waals surface area contributed by atoms with Gasteiger partial charge in [0.25, 0.3) is 0 Å². The molecule has 1 aromatic carbocycles. The van der Waals surface area contributed by atoms with Gasteiger partial charge in [0.15, 0.2) is 0 Å². The van der Waals surface area contributed by atoms with Crippen LogP contribution in [0.25, 0.3) is 0 Å². The first-order chi connectivity index (χ1) is 9.22. The number of hydrogen-bond acceptors (Lipinski definition) is 2. The topological polar surface area (TPSA) is 21.3 Å². The number of nitrogens with one attached hydrogen (secondary N) is 1. The first kappa shape index (κ1) is 14.5. The van der Waals surface area contributed by atoms with E-state index < -0.39 is 0 Å². The summed E-state index contributed by atoms with van der Waals surface area (Å²) >= 11 is 3.29. The van der Waals surface area contributed by atoms with Crippen molar-refractivity contribution in [3.8, 4) is 0 Å². The van der Waals surface area contributed by atoms with Crippen LogP contribution in [0, 0.1) is 5.82 Å². The Kier molecular flexibility index (Phi) is 5.40. The fraction of sp³-hybridized carbons (Fsp3) is 0.467. The van der Waals surface area contributed by atoms with E-state index in [2.05, 4.69) is 28.2 Å². The van der Waals surface area contributed by atoms with Gasteiger partial charge < -0.3 is 10.1 Å². The number of ether oxygens (including phenoxy) is 1. The molecule has 104 valence electrons. The minimum Gasteiger partial charge on any atom is -0.501 e. The summed E-state index contributed by atoms with van der Waals surface area (Å²) in [5.41, 5.74) is 1.81. The summed E-state index contributed by atoms with van der Waals surface area (Å²) in [5, 5.41) is 3.41. The zero-order valence-electron chi connectivity index (χ0n) is 11.1. The SMILES string of the molecule is CCCNC(C1=COCCC1)c1ccc(Br)cc1F. The van der Waals surface area contributed by atoms with E-state index in [0.717, 1.165) is 42.5 Å². The second kappa shape index (κ2) is 7.06. The van der Waals surface area contributed by atoms with Crippen LogP contribution < -0.4 is 5.32 Å². The molecular weight excluding hydrogens is 309 g/mol. The van der Waals surface area contributed by atoms with Crippen LogP contribution in [0.3, 0.4) is 0 Å². The van der Waals surface area contributed by atoms with Crippen molar-refractivity contribution in [2.24, 2.45) is 0 Å². The van der Waals surface area contributed by atoms with Gasteiger partial charge in [-0.25, -0.2) is 4.39 Å². The number of halogens is 2. The Hall–Kier alpha value is -0.870. The molecule has 2 rings (SSSR count). The molecule has 1 atom stereocenters. The Morgan fingerprint density at radius 3 is 2.95 bits per heavy atom. The first-order valence-electron chi connectivity index (χ1n) is 6.71. The molecule has 1 unspecified atom stereocenters. The zero-order valence-corrected chi connectivity index (χ0v) is 12.7. The lowest BCUT2D eigenvalue weighted by atomic mass is 9.94. The van der Waals surface area contributed by atoms with Gasteiger partial charge in [-0.1, -0.05) is 28.9 Å². The van der Waals surface area contributed by atoms with Crippen LogP contribution in [0.2, 0.25) is 0 Å². The third kappa shape index (κ3) is 3.80. The molecule has 1 aliphatic heterocycles. The Balaban J connectivity index is 2.27. The third-order valence-electron chi connectivity index (χ3n) is 3.21. The molecular formula is C15H19BrFNO. The van der Waals surface area contributed by atoms with Crippen molar-refractivity contribution in [2.75, 3.05) is 13.2 Å². The molecule has 0 spiro atoms. The molecule has 0 bridgehead atoms. The molecule has 0 amide bonds. The molecule has 1 N–H and O–H groups in total. The molecule has 0 saturated heterocycles. The van der Waals surface area contributed by atoms with E-state index in [1.807, 2.05) is 12.1 Å². The largest absolute Gasteiger partial charge is 0.501 e.